The predicted octanol–water partition coefficient (Wildman–Crippen LogP) is 1.69. The summed E-state index contributed by atoms with van der Waals surface area (Å²) in [5.41, 5.74) is 0.986. The highest BCUT2D eigenvalue weighted by Crippen LogP contribution is 2.23. The van der Waals surface area contributed by atoms with Gasteiger partial charge < -0.3 is 4.52 Å². The summed E-state index contributed by atoms with van der Waals surface area (Å²) in [5.74, 6) is 0. The topological polar surface area (TPSA) is 47.1 Å². The van der Waals surface area contributed by atoms with Gasteiger partial charge in [-0.2, -0.15) is 5.10 Å². The van der Waals surface area contributed by atoms with Gasteiger partial charge in [-0.25, -0.2) is 0 Å². The molecule has 0 radical (unpaired) electrons. The molecule has 0 bridgehead atoms. The van der Waals surface area contributed by atoms with E-state index in [2.05, 4.69) is 31.1 Å². The smallest absolute Gasteiger partial charge is 0.124 e. The van der Waals surface area contributed by atoms with E-state index in [1.54, 1.807) is 6.26 Å². The summed E-state index contributed by atoms with van der Waals surface area (Å²) in [7, 11) is 0. The van der Waals surface area contributed by atoms with E-state index < -0.39 is 0 Å². The van der Waals surface area contributed by atoms with Gasteiger partial charge in [0.15, 0.2) is 0 Å². The van der Waals surface area contributed by atoms with E-state index in [0.717, 1.165) is 29.8 Å². The lowest BCUT2D eigenvalue weighted by molar-refractivity contribution is 0.0883. The maximum absolute atomic E-state index is 4.80. The van der Waals surface area contributed by atoms with Crippen LogP contribution in [0.2, 0.25) is 0 Å². The molecule has 5 nitrogen and oxygen atoms in total. The van der Waals surface area contributed by atoms with Crippen molar-refractivity contribution in [3.8, 4) is 0 Å². The molecule has 1 saturated heterocycles. The van der Waals surface area contributed by atoms with Crippen LogP contribution in [0.15, 0.2) is 33.7 Å². The fraction of sp³-hybridized carbons (Fsp3) is 0.400. The standard InChI is InChI=1S/C10H11BrN4O/c11-8-3-12-15(4-8)10-6-14(7-10)5-9-1-2-16-13-9/h1-4,10H,5-7H2. The van der Waals surface area contributed by atoms with Crippen LogP contribution in [0, 0.1) is 0 Å². The van der Waals surface area contributed by atoms with Crippen molar-refractivity contribution in [2.75, 3.05) is 13.1 Å². The van der Waals surface area contributed by atoms with Gasteiger partial charge in [-0.05, 0) is 15.9 Å². The van der Waals surface area contributed by atoms with E-state index in [-0.39, 0.29) is 0 Å². The van der Waals surface area contributed by atoms with Gasteiger partial charge in [0.2, 0.25) is 0 Å². The second-order valence-corrected chi connectivity index (χ2v) is 4.89. The minimum atomic E-state index is 0.484. The molecule has 0 spiro atoms. The van der Waals surface area contributed by atoms with E-state index in [1.165, 1.54) is 0 Å². The quantitative estimate of drug-likeness (QED) is 0.860. The Balaban J connectivity index is 1.55. The van der Waals surface area contributed by atoms with Crippen LogP contribution in [0.5, 0.6) is 0 Å². The molecule has 1 aliphatic heterocycles. The molecular formula is C10H11BrN4O. The molecule has 1 fully saturated rings. The second kappa shape index (κ2) is 4.03. The Hall–Kier alpha value is -1.14. The third-order valence-corrected chi connectivity index (χ3v) is 3.17. The summed E-state index contributed by atoms with van der Waals surface area (Å²) in [4.78, 5) is 2.32. The lowest BCUT2D eigenvalue weighted by Gasteiger charge is -2.38. The van der Waals surface area contributed by atoms with Gasteiger partial charge in [0.1, 0.15) is 6.26 Å². The molecule has 0 aromatic carbocycles. The first-order valence-electron chi connectivity index (χ1n) is 5.12. The van der Waals surface area contributed by atoms with Gasteiger partial charge in [0.05, 0.1) is 22.4 Å². The molecular weight excluding hydrogens is 272 g/mol. The second-order valence-electron chi connectivity index (χ2n) is 3.98. The van der Waals surface area contributed by atoms with Crippen LogP contribution >= 0.6 is 15.9 Å². The Kier molecular flexibility index (Phi) is 2.53. The lowest BCUT2D eigenvalue weighted by atomic mass is 10.1. The number of halogens is 1. The maximum Gasteiger partial charge on any atom is 0.124 e. The molecule has 2 aromatic rings. The Morgan fingerprint density at radius 2 is 2.38 bits per heavy atom. The SMILES string of the molecule is Brc1cnn(C2CN(Cc3ccon3)C2)c1. The first-order chi connectivity index (χ1) is 7.81. The van der Waals surface area contributed by atoms with Crippen LogP contribution in [0.25, 0.3) is 0 Å². The molecule has 0 amide bonds. The third kappa shape index (κ3) is 1.90. The molecule has 6 heteroatoms. The molecule has 0 unspecified atom stereocenters. The highest BCUT2D eigenvalue weighted by Gasteiger charge is 2.28. The number of aromatic nitrogens is 3. The monoisotopic (exact) mass is 282 g/mol. The Bertz CT molecular complexity index is 461. The molecule has 0 N–H and O–H groups in total. The average molecular weight is 283 g/mol. The highest BCUT2D eigenvalue weighted by molar-refractivity contribution is 9.10. The predicted molar refractivity (Wildman–Crippen MR) is 60.7 cm³/mol. The van der Waals surface area contributed by atoms with Crippen molar-refractivity contribution in [1.82, 2.24) is 19.8 Å². The third-order valence-electron chi connectivity index (χ3n) is 2.76. The van der Waals surface area contributed by atoms with Crippen LogP contribution in [0.1, 0.15) is 11.7 Å². The molecule has 16 heavy (non-hydrogen) atoms. The number of likely N-dealkylation sites (tertiary alicyclic amines) is 1. The van der Waals surface area contributed by atoms with Crippen molar-refractivity contribution < 1.29 is 4.52 Å². The summed E-state index contributed by atoms with van der Waals surface area (Å²) in [5, 5.41) is 8.17. The van der Waals surface area contributed by atoms with Crippen LogP contribution in [0.3, 0.4) is 0 Å². The number of rotatable bonds is 3. The largest absolute Gasteiger partial charge is 0.364 e. The molecule has 3 rings (SSSR count). The maximum atomic E-state index is 4.80. The van der Waals surface area contributed by atoms with Crippen LogP contribution in [0.4, 0.5) is 0 Å². The average Bonchev–Trinajstić information content (AvgIpc) is 2.82. The fourth-order valence-electron chi connectivity index (χ4n) is 1.90. The zero-order valence-electron chi connectivity index (χ0n) is 8.58. The van der Waals surface area contributed by atoms with Crippen molar-refractivity contribution in [2.24, 2.45) is 0 Å². The Morgan fingerprint density at radius 3 is 3.00 bits per heavy atom. The van der Waals surface area contributed by atoms with Crippen molar-refractivity contribution in [3.05, 3.63) is 34.9 Å². The van der Waals surface area contributed by atoms with E-state index in [1.807, 2.05) is 23.1 Å². The summed E-state index contributed by atoms with van der Waals surface area (Å²) in [6.07, 6.45) is 5.44. The molecule has 2 aromatic heterocycles. The highest BCUT2D eigenvalue weighted by atomic mass is 79.9. The Labute approximate surface area is 101 Å². The van der Waals surface area contributed by atoms with Gasteiger partial charge in [0.25, 0.3) is 0 Å². The van der Waals surface area contributed by atoms with Gasteiger partial charge in [0, 0.05) is 31.9 Å². The van der Waals surface area contributed by atoms with Gasteiger partial charge in [-0.15, -0.1) is 0 Å². The van der Waals surface area contributed by atoms with Crippen molar-refractivity contribution >= 4 is 15.9 Å². The first-order valence-corrected chi connectivity index (χ1v) is 5.92. The van der Waals surface area contributed by atoms with Gasteiger partial charge in [-0.3, -0.25) is 9.58 Å². The molecule has 3 heterocycles. The minimum absolute atomic E-state index is 0.484. The van der Waals surface area contributed by atoms with E-state index in [0.29, 0.717) is 6.04 Å². The van der Waals surface area contributed by atoms with E-state index >= 15 is 0 Å². The van der Waals surface area contributed by atoms with Gasteiger partial charge >= 0.3 is 0 Å². The van der Waals surface area contributed by atoms with E-state index in [4.69, 9.17) is 4.52 Å². The number of nitrogens with zero attached hydrogens (tertiary/aromatic N) is 4. The Morgan fingerprint density at radius 1 is 1.50 bits per heavy atom. The molecule has 0 atom stereocenters. The van der Waals surface area contributed by atoms with Crippen molar-refractivity contribution in [2.45, 2.75) is 12.6 Å². The molecule has 0 saturated carbocycles. The minimum Gasteiger partial charge on any atom is -0.364 e. The first kappa shape index (κ1) is 10.0. The number of hydrogen-bond donors (Lipinski definition) is 0. The molecule has 0 aliphatic carbocycles. The van der Waals surface area contributed by atoms with E-state index in [9.17, 15) is 0 Å². The van der Waals surface area contributed by atoms with Crippen LogP contribution in [-0.2, 0) is 6.54 Å². The molecule has 84 valence electrons. The molecule has 1 aliphatic rings. The summed E-state index contributed by atoms with van der Waals surface area (Å²) >= 11 is 3.40. The zero-order valence-corrected chi connectivity index (χ0v) is 10.2. The fourth-order valence-corrected chi connectivity index (χ4v) is 2.20. The normalized spacial score (nSPS) is 17.6. The van der Waals surface area contributed by atoms with Crippen LogP contribution < -0.4 is 0 Å². The zero-order chi connectivity index (χ0) is 11.0. The summed E-state index contributed by atoms with van der Waals surface area (Å²) < 4.78 is 7.83. The lowest BCUT2D eigenvalue weighted by Crippen LogP contribution is -2.47. The van der Waals surface area contributed by atoms with Gasteiger partial charge in [-0.1, -0.05) is 5.16 Å². The summed E-state index contributed by atoms with van der Waals surface area (Å²) in [6, 6.07) is 2.39. The van der Waals surface area contributed by atoms with Crippen LogP contribution in [-0.4, -0.2) is 32.9 Å². The van der Waals surface area contributed by atoms with Crippen molar-refractivity contribution in [3.63, 3.8) is 0 Å². The summed E-state index contributed by atoms with van der Waals surface area (Å²) in [6.45, 7) is 2.89. The van der Waals surface area contributed by atoms with Crippen molar-refractivity contribution in [1.29, 1.82) is 0 Å². The number of hydrogen-bond acceptors (Lipinski definition) is 4.